The van der Waals surface area contributed by atoms with Crippen molar-refractivity contribution < 1.29 is 22.4 Å². The number of amides is 1. The van der Waals surface area contributed by atoms with E-state index in [2.05, 4.69) is 4.98 Å². The van der Waals surface area contributed by atoms with E-state index in [1.54, 1.807) is 17.4 Å². The van der Waals surface area contributed by atoms with Crippen LogP contribution in [0, 0.1) is 6.92 Å². The van der Waals surface area contributed by atoms with Crippen LogP contribution in [0.25, 0.3) is 11.3 Å². The second kappa shape index (κ2) is 5.80. The van der Waals surface area contributed by atoms with E-state index in [0.717, 1.165) is 10.6 Å². The zero-order chi connectivity index (χ0) is 15.6. The minimum Gasteiger partial charge on any atom is -0.321 e. The van der Waals surface area contributed by atoms with Crippen molar-refractivity contribution in [3.05, 3.63) is 34.7 Å². The van der Waals surface area contributed by atoms with Crippen LogP contribution >= 0.6 is 11.3 Å². The summed E-state index contributed by atoms with van der Waals surface area (Å²) in [5, 5.41) is 4.46. The van der Waals surface area contributed by atoms with Crippen LogP contribution in [0.15, 0.2) is 29.6 Å². The predicted octanol–water partition coefficient (Wildman–Crippen LogP) is 3.96. The van der Waals surface area contributed by atoms with Crippen LogP contribution in [-0.2, 0) is 4.79 Å². The first-order chi connectivity index (χ1) is 9.80. The number of nitrogens with zero attached hydrogens (tertiary/aromatic N) is 1. The van der Waals surface area contributed by atoms with Crippen LogP contribution in [-0.4, -0.2) is 23.2 Å². The van der Waals surface area contributed by atoms with Gasteiger partial charge in [-0.15, -0.1) is 11.3 Å². The average Bonchev–Trinajstić information content (AvgIpc) is 2.86. The molecule has 1 aromatic carbocycles. The van der Waals surface area contributed by atoms with Crippen LogP contribution in [0.4, 0.5) is 23.2 Å². The molecule has 1 amide bonds. The van der Waals surface area contributed by atoms with Crippen molar-refractivity contribution in [2.24, 2.45) is 0 Å². The third-order valence-electron chi connectivity index (χ3n) is 2.63. The minimum absolute atomic E-state index is 0.0102. The molecule has 0 aliphatic carbocycles. The largest absolute Gasteiger partial charge is 0.383 e. The zero-order valence-corrected chi connectivity index (χ0v) is 11.6. The first kappa shape index (κ1) is 15.4. The molecule has 0 saturated carbocycles. The second-order valence-corrected chi connectivity index (χ2v) is 5.27. The smallest absolute Gasteiger partial charge is 0.321 e. The topological polar surface area (TPSA) is 42.0 Å². The molecule has 0 atom stereocenters. The van der Waals surface area contributed by atoms with Crippen molar-refractivity contribution in [2.45, 2.75) is 19.3 Å². The molecule has 0 bridgehead atoms. The number of thiazole rings is 1. The van der Waals surface area contributed by atoms with Crippen molar-refractivity contribution in [2.75, 3.05) is 5.32 Å². The molecule has 0 spiro atoms. The van der Waals surface area contributed by atoms with E-state index in [4.69, 9.17) is 0 Å². The number of carbonyl (C=O) groups is 1. The summed E-state index contributed by atoms with van der Waals surface area (Å²) in [4.78, 5) is 15.3. The van der Waals surface area contributed by atoms with Crippen LogP contribution in [0.2, 0.25) is 0 Å². The Hall–Kier alpha value is -1.96. The van der Waals surface area contributed by atoms with E-state index >= 15 is 0 Å². The quantitative estimate of drug-likeness (QED) is 0.867. The molecular weight excluding hydrogens is 308 g/mol. The van der Waals surface area contributed by atoms with Gasteiger partial charge in [0.1, 0.15) is 0 Å². The maximum Gasteiger partial charge on any atom is 0.383 e. The first-order valence-corrected chi connectivity index (χ1v) is 6.68. The monoisotopic (exact) mass is 318 g/mol. The number of hydrogen-bond donors (Lipinski definition) is 1. The molecule has 0 aliphatic rings. The lowest BCUT2D eigenvalue weighted by molar-refractivity contribution is -0.163. The number of halogens is 4. The summed E-state index contributed by atoms with van der Waals surface area (Å²) < 4.78 is 49.7. The van der Waals surface area contributed by atoms with Crippen LogP contribution in [0.1, 0.15) is 5.01 Å². The fourth-order valence-corrected chi connectivity index (χ4v) is 2.16. The second-order valence-electron chi connectivity index (χ2n) is 4.21. The molecule has 1 aromatic heterocycles. The molecule has 0 saturated heterocycles. The lowest BCUT2D eigenvalue weighted by atomic mass is 10.1. The van der Waals surface area contributed by atoms with Gasteiger partial charge in [-0.1, -0.05) is 12.1 Å². The molecule has 3 nitrogen and oxygen atoms in total. The number of hydrogen-bond acceptors (Lipinski definition) is 3. The van der Waals surface area contributed by atoms with Gasteiger partial charge in [0, 0.05) is 16.6 Å². The third-order valence-corrected chi connectivity index (χ3v) is 3.41. The molecule has 1 N–H and O–H groups in total. The number of nitrogens with one attached hydrogen (secondary N) is 1. The van der Waals surface area contributed by atoms with Gasteiger partial charge in [-0.2, -0.15) is 8.78 Å². The van der Waals surface area contributed by atoms with Gasteiger partial charge in [0.05, 0.1) is 10.7 Å². The molecule has 0 aliphatic heterocycles. The van der Waals surface area contributed by atoms with Crippen LogP contribution in [0.5, 0.6) is 0 Å². The fraction of sp³-hybridized carbons (Fsp3) is 0.231. The van der Waals surface area contributed by atoms with Crippen molar-refractivity contribution in [3.8, 4) is 11.3 Å². The molecule has 1 heterocycles. The Balaban J connectivity index is 2.11. The lowest BCUT2D eigenvalue weighted by Gasteiger charge is -2.14. The van der Waals surface area contributed by atoms with Crippen LogP contribution in [0.3, 0.4) is 0 Å². The van der Waals surface area contributed by atoms with Crippen molar-refractivity contribution >= 4 is 22.9 Å². The van der Waals surface area contributed by atoms with Crippen molar-refractivity contribution in [1.82, 2.24) is 4.98 Å². The van der Waals surface area contributed by atoms with E-state index in [1.165, 1.54) is 23.5 Å². The maximum absolute atomic E-state index is 12.8. The van der Waals surface area contributed by atoms with Gasteiger partial charge < -0.3 is 5.32 Å². The van der Waals surface area contributed by atoms with Gasteiger partial charge >= 0.3 is 18.3 Å². The standard InChI is InChI=1S/C13H10F4N2OS/c1-7-18-10(6-21-7)8-2-4-9(5-3-8)19-12(20)13(16,17)11(14)15/h2-6,11H,1H3,(H,19,20). The molecule has 0 unspecified atom stereocenters. The Morgan fingerprint density at radius 1 is 1.29 bits per heavy atom. The summed E-state index contributed by atoms with van der Waals surface area (Å²) in [6, 6.07) is 5.82. The van der Waals surface area contributed by atoms with Gasteiger partial charge in [0.15, 0.2) is 0 Å². The maximum atomic E-state index is 12.8. The van der Waals surface area contributed by atoms with E-state index in [9.17, 15) is 22.4 Å². The average molecular weight is 318 g/mol. The SMILES string of the molecule is Cc1nc(-c2ccc(NC(=O)C(F)(F)C(F)F)cc2)cs1. The van der Waals surface area contributed by atoms with Gasteiger partial charge in [0.25, 0.3) is 0 Å². The number of benzene rings is 1. The third kappa shape index (κ3) is 3.38. The highest BCUT2D eigenvalue weighted by molar-refractivity contribution is 7.09. The van der Waals surface area contributed by atoms with Gasteiger partial charge in [-0.05, 0) is 19.1 Å². The number of alkyl halides is 4. The summed E-state index contributed by atoms with van der Waals surface area (Å²) in [5.74, 6) is -6.75. The molecule has 112 valence electrons. The predicted molar refractivity (Wildman–Crippen MR) is 71.9 cm³/mol. The molecule has 0 fully saturated rings. The number of aryl methyl sites for hydroxylation is 1. The van der Waals surface area contributed by atoms with Gasteiger partial charge in [-0.3, -0.25) is 4.79 Å². The van der Waals surface area contributed by atoms with E-state index < -0.39 is 18.3 Å². The summed E-state index contributed by atoms with van der Waals surface area (Å²) >= 11 is 1.46. The number of anilines is 1. The highest BCUT2D eigenvalue weighted by atomic mass is 32.1. The van der Waals surface area contributed by atoms with Gasteiger partial charge in [0.2, 0.25) is 0 Å². The summed E-state index contributed by atoms with van der Waals surface area (Å²) in [6.07, 6.45) is -4.05. The van der Waals surface area contributed by atoms with E-state index in [-0.39, 0.29) is 5.69 Å². The zero-order valence-electron chi connectivity index (χ0n) is 10.7. The number of carbonyl (C=O) groups excluding carboxylic acids is 1. The van der Waals surface area contributed by atoms with E-state index in [1.807, 2.05) is 12.3 Å². The molecule has 8 heteroatoms. The Kier molecular flexibility index (Phi) is 4.26. The molecule has 21 heavy (non-hydrogen) atoms. The molecule has 2 aromatic rings. The van der Waals surface area contributed by atoms with Gasteiger partial charge in [-0.25, -0.2) is 13.8 Å². The minimum atomic E-state index is -4.72. The van der Waals surface area contributed by atoms with Crippen LogP contribution < -0.4 is 5.32 Å². The van der Waals surface area contributed by atoms with E-state index in [0.29, 0.717) is 5.69 Å². The molecule has 0 radical (unpaired) electrons. The summed E-state index contributed by atoms with van der Waals surface area (Å²) in [6.45, 7) is 1.84. The molecule has 2 rings (SSSR count). The lowest BCUT2D eigenvalue weighted by Crippen LogP contribution is -2.40. The molecular formula is C13H10F4N2OS. The van der Waals surface area contributed by atoms with Crippen molar-refractivity contribution in [3.63, 3.8) is 0 Å². The first-order valence-electron chi connectivity index (χ1n) is 5.80. The summed E-state index contributed by atoms with van der Waals surface area (Å²) in [5.41, 5.74) is 1.46. The normalized spacial score (nSPS) is 11.7. The Labute approximate surface area is 121 Å². The summed E-state index contributed by atoms with van der Waals surface area (Å²) in [7, 11) is 0. The highest BCUT2D eigenvalue weighted by Gasteiger charge is 2.48. The Morgan fingerprint density at radius 3 is 2.38 bits per heavy atom. The Morgan fingerprint density at radius 2 is 1.90 bits per heavy atom. The Bertz CT molecular complexity index is 640. The fourth-order valence-electron chi connectivity index (χ4n) is 1.53. The highest BCUT2D eigenvalue weighted by Crippen LogP contribution is 2.26. The van der Waals surface area contributed by atoms with Crippen molar-refractivity contribution in [1.29, 1.82) is 0 Å². The number of aromatic nitrogens is 1. The number of rotatable bonds is 4.